The van der Waals surface area contributed by atoms with Gasteiger partial charge in [-0.1, -0.05) is 0 Å². The Bertz CT molecular complexity index is 380. The van der Waals surface area contributed by atoms with Gasteiger partial charge < -0.3 is 10.0 Å². The first-order chi connectivity index (χ1) is 7.45. The second-order valence-electron chi connectivity index (χ2n) is 4.52. The molecule has 16 heavy (non-hydrogen) atoms. The highest BCUT2D eigenvalue weighted by Crippen LogP contribution is 2.37. The normalized spacial score (nSPS) is 30.2. The number of likely N-dealkylation sites (tertiary alicyclic amines) is 1. The summed E-state index contributed by atoms with van der Waals surface area (Å²) in [5.41, 5.74) is -0.200. The molecule has 0 aromatic rings. The lowest BCUT2D eigenvalue weighted by Crippen LogP contribution is -2.52. The highest BCUT2D eigenvalue weighted by molar-refractivity contribution is 6.14. The van der Waals surface area contributed by atoms with Crippen LogP contribution in [0.1, 0.15) is 12.8 Å². The van der Waals surface area contributed by atoms with Crippen LogP contribution in [0.15, 0.2) is 5.10 Å². The highest BCUT2D eigenvalue weighted by Gasteiger charge is 2.53. The van der Waals surface area contributed by atoms with Gasteiger partial charge in [-0.15, -0.1) is 0 Å². The van der Waals surface area contributed by atoms with Crippen molar-refractivity contribution in [2.45, 2.75) is 12.8 Å². The summed E-state index contributed by atoms with van der Waals surface area (Å²) in [4.78, 5) is 25.0. The smallest absolute Gasteiger partial charge is 0.304 e. The molecular formula is C10H15N3O3. The minimum atomic E-state index is -0.952. The third kappa shape index (κ3) is 1.49. The van der Waals surface area contributed by atoms with E-state index >= 15 is 0 Å². The highest BCUT2D eigenvalue weighted by atomic mass is 16.4. The molecule has 2 rings (SSSR count). The number of amides is 1. The van der Waals surface area contributed by atoms with Crippen molar-refractivity contribution in [1.29, 1.82) is 0 Å². The zero-order valence-corrected chi connectivity index (χ0v) is 9.43. The second-order valence-corrected chi connectivity index (χ2v) is 4.52. The molecule has 0 aromatic carbocycles. The van der Waals surface area contributed by atoms with Gasteiger partial charge in [0.15, 0.2) is 0 Å². The molecule has 1 amide bonds. The Morgan fingerprint density at radius 3 is 2.88 bits per heavy atom. The molecule has 0 aliphatic carbocycles. The number of aliphatic carboxylic acids is 1. The topological polar surface area (TPSA) is 73.2 Å². The Morgan fingerprint density at radius 1 is 1.56 bits per heavy atom. The summed E-state index contributed by atoms with van der Waals surface area (Å²) >= 11 is 0. The predicted molar refractivity (Wildman–Crippen MR) is 57.0 cm³/mol. The van der Waals surface area contributed by atoms with E-state index in [2.05, 4.69) is 5.10 Å². The molecule has 0 bridgehead atoms. The second kappa shape index (κ2) is 3.55. The predicted octanol–water partition coefficient (Wildman–Crippen LogP) is -0.389. The summed E-state index contributed by atoms with van der Waals surface area (Å²) in [7, 11) is 3.48. The zero-order valence-electron chi connectivity index (χ0n) is 9.43. The number of hydrazone groups is 1. The van der Waals surface area contributed by atoms with Crippen molar-refractivity contribution in [2.24, 2.45) is 10.5 Å². The summed E-state index contributed by atoms with van der Waals surface area (Å²) in [6.45, 7) is 1.27. The van der Waals surface area contributed by atoms with Crippen LogP contribution in [0.3, 0.4) is 0 Å². The van der Waals surface area contributed by atoms with Crippen molar-refractivity contribution >= 4 is 17.6 Å². The van der Waals surface area contributed by atoms with Crippen LogP contribution in [-0.4, -0.2) is 59.8 Å². The summed E-state index contributed by atoms with van der Waals surface area (Å²) in [5.74, 6) is -1.15. The van der Waals surface area contributed by atoms with Gasteiger partial charge in [-0.25, -0.2) is 5.01 Å². The van der Waals surface area contributed by atoms with Crippen molar-refractivity contribution in [1.82, 2.24) is 9.91 Å². The number of fused-ring (bicyclic) bond motifs is 1. The lowest BCUT2D eigenvalue weighted by atomic mass is 9.75. The quantitative estimate of drug-likeness (QED) is 0.694. The lowest BCUT2D eigenvalue weighted by molar-refractivity contribution is -0.146. The van der Waals surface area contributed by atoms with Crippen LogP contribution in [0.4, 0.5) is 0 Å². The summed E-state index contributed by atoms with van der Waals surface area (Å²) in [6, 6.07) is 0. The average Bonchev–Trinajstić information content (AvgIpc) is 2.40. The Hall–Kier alpha value is -1.43. The molecule has 2 heterocycles. The van der Waals surface area contributed by atoms with Gasteiger partial charge in [-0.3, -0.25) is 9.59 Å². The van der Waals surface area contributed by atoms with E-state index in [-0.39, 0.29) is 12.3 Å². The van der Waals surface area contributed by atoms with Gasteiger partial charge in [0.2, 0.25) is 0 Å². The largest absolute Gasteiger partial charge is 0.481 e. The Morgan fingerprint density at radius 2 is 2.25 bits per heavy atom. The van der Waals surface area contributed by atoms with Gasteiger partial charge in [-0.2, -0.15) is 5.10 Å². The van der Waals surface area contributed by atoms with Crippen LogP contribution in [0.25, 0.3) is 0 Å². The molecule has 0 spiro atoms. The molecule has 0 aromatic heterocycles. The SMILES string of the molecule is CN1CCC2=NN(C)C(=O)C2(CC(=O)O)C1. The van der Waals surface area contributed by atoms with E-state index in [1.165, 1.54) is 5.01 Å². The van der Waals surface area contributed by atoms with E-state index in [1.807, 2.05) is 11.9 Å². The van der Waals surface area contributed by atoms with Gasteiger partial charge in [0.1, 0.15) is 5.41 Å². The third-order valence-electron chi connectivity index (χ3n) is 3.25. The molecule has 0 saturated carbocycles. The first-order valence-electron chi connectivity index (χ1n) is 5.22. The maximum atomic E-state index is 12.1. The van der Waals surface area contributed by atoms with Crippen LogP contribution >= 0.6 is 0 Å². The number of carboxylic acids is 1. The minimum Gasteiger partial charge on any atom is -0.481 e. The molecule has 1 saturated heterocycles. The molecule has 1 N–H and O–H groups in total. The Labute approximate surface area is 93.5 Å². The van der Waals surface area contributed by atoms with Crippen LogP contribution in [0, 0.1) is 5.41 Å². The van der Waals surface area contributed by atoms with Gasteiger partial charge in [-0.05, 0) is 7.05 Å². The fourth-order valence-electron chi connectivity index (χ4n) is 2.53. The number of hydrogen-bond donors (Lipinski definition) is 1. The molecule has 6 heteroatoms. The first kappa shape index (κ1) is 11.1. The van der Waals surface area contributed by atoms with Crippen molar-refractivity contribution in [3.8, 4) is 0 Å². The molecular weight excluding hydrogens is 210 g/mol. The van der Waals surface area contributed by atoms with E-state index < -0.39 is 11.4 Å². The maximum Gasteiger partial charge on any atom is 0.304 e. The third-order valence-corrected chi connectivity index (χ3v) is 3.25. The van der Waals surface area contributed by atoms with Crippen molar-refractivity contribution in [3.05, 3.63) is 0 Å². The lowest BCUT2D eigenvalue weighted by Gasteiger charge is -2.36. The van der Waals surface area contributed by atoms with Crippen LogP contribution in [0.2, 0.25) is 0 Å². The Kier molecular flexibility index (Phi) is 2.46. The number of nitrogens with zero attached hydrogens (tertiary/aromatic N) is 3. The van der Waals surface area contributed by atoms with Gasteiger partial charge in [0, 0.05) is 26.6 Å². The standard InChI is InChI=1S/C10H15N3O3/c1-12-4-3-7-10(6-12,5-8(14)15)9(16)13(2)11-7/h3-6H2,1-2H3,(H,14,15). The van der Waals surface area contributed by atoms with Crippen LogP contribution < -0.4 is 0 Å². The molecule has 2 aliphatic rings. The molecule has 0 radical (unpaired) electrons. The number of piperidine rings is 1. The number of carbonyl (C=O) groups excluding carboxylic acids is 1. The first-order valence-corrected chi connectivity index (χ1v) is 5.22. The van der Waals surface area contributed by atoms with Crippen LogP contribution in [-0.2, 0) is 9.59 Å². The number of hydrogen-bond acceptors (Lipinski definition) is 4. The zero-order chi connectivity index (χ0) is 11.9. The van der Waals surface area contributed by atoms with Crippen molar-refractivity contribution < 1.29 is 14.7 Å². The fourth-order valence-corrected chi connectivity index (χ4v) is 2.53. The molecule has 6 nitrogen and oxygen atoms in total. The van der Waals surface area contributed by atoms with E-state index in [1.54, 1.807) is 7.05 Å². The van der Waals surface area contributed by atoms with Crippen LogP contribution in [0.5, 0.6) is 0 Å². The summed E-state index contributed by atoms with van der Waals surface area (Å²) < 4.78 is 0. The molecule has 1 unspecified atom stereocenters. The summed E-state index contributed by atoms with van der Waals surface area (Å²) in [6.07, 6.45) is 0.499. The number of carboxylic acid groups (broad SMARTS) is 1. The number of carbonyl (C=O) groups is 2. The fraction of sp³-hybridized carbons (Fsp3) is 0.700. The molecule has 2 aliphatic heterocycles. The van der Waals surface area contributed by atoms with Crippen molar-refractivity contribution in [2.75, 3.05) is 27.2 Å². The van der Waals surface area contributed by atoms with E-state index in [9.17, 15) is 9.59 Å². The van der Waals surface area contributed by atoms with E-state index in [0.717, 1.165) is 12.3 Å². The van der Waals surface area contributed by atoms with Crippen molar-refractivity contribution in [3.63, 3.8) is 0 Å². The van der Waals surface area contributed by atoms with Gasteiger partial charge in [0.25, 0.3) is 5.91 Å². The molecule has 1 fully saturated rings. The maximum absolute atomic E-state index is 12.1. The number of rotatable bonds is 2. The van der Waals surface area contributed by atoms with Gasteiger partial charge in [0.05, 0.1) is 12.1 Å². The van der Waals surface area contributed by atoms with Gasteiger partial charge >= 0.3 is 5.97 Å². The molecule has 88 valence electrons. The summed E-state index contributed by atoms with van der Waals surface area (Å²) in [5, 5.41) is 14.4. The van der Waals surface area contributed by atoms with E-state index in [0.29, 0.717) is 13.0 Å². The Balaban J connectivity index is 2.37. The monoisotopic (exact) mass is 225 g/mol. The van der Waals surface area contributed by atoms with E-state index in [4.69, 9.17) is 5.11 Å². The minimum absolute atomic E-state index is 0.167. The molecule has 1 atom stereocenters. The average molecular weight is 225 g/mol.